The van der Waals surface area contributed by atoms with Crippen molar-refractivity contribution in [2.24, 2.45) is 7.05 Å². The van der Waals surface area contributed by atoms with Crippen molar-refractivity contribution in [3.8, 4) is 5.88 Å². The summed E-state index contributed by atoms with van der Waals surface area (Å²) < 4.78 is 7.22. The highest BCUT2D eigenvalue weighted by Gasteiger charge is 2.34. The number of aryl methyl sites for hydroxylation is 2. The Balaban J connectivity index is 2.08. The zero-order valence-electron chi connectivity index (χ0n) is 11.3. The van der Waals surface area contributed by atoms with Gasteiger partial charge in [-0.25, -0.2) is 4.68 Å². The first-order valence-corrected chi connectivity index (χ1v) is 6.43. The molecule has 0 aromatic carbocycles. The molecule has 0 radical (unpaired) electrons. The van der Waals surface area contributed by atoms with E-state index in [-0.39, 0.29) is 0 Å². The lowest BCUT2D eigenvalue weighted by Gasteiger charge is -2.42. The first-order chi connectivity index (χ1) is 8.12. The number of nitrogens with one attached hydrogen (secondary N) is 1. The quantitative estimate of drug-likeness (QED) is 0.853. The minimum atomic E-state index is 0.368. The maximum atomic E-state index is 5.41. The molecule has 4 heteroatoms. The van der Waals surface area contributed by atoms with Crippen LogP contribution < -0.4 is 10.1 Å². The molecule has 1 aromatic rings. The van der Waals surface area contributed by atoms with Crippen LogP contribution in [0.5, 0.6) is 5.88 Å². The van der Waals surface area contributed by atoms with Crippen LogP contribution in [0.2, 0.25) is 0 Å². The van der Waals surface area contributed by atoms with E-state index in [9.17, 15) is 0 Å². The zero-order chi connectivity index (χ0) is 12.5. The highest BCUT2D eigenvalue weighted by atomic mass is 16.5. The Bertz CT molecular complexity index is 388. The number of aromatic nitrogens is 2. The Kier molecular flexibility index (Phi) is 3.43. The van der Waals surface area contributed by atoms with E-state index in [1.807, 2.05) is 18.7 Å². The zero-order valence-corrected chi connectivity index (χ0v) is 11.3. The van der Waals surface area contributed by atoms with Crippen molar-refractivity contribution in [1.29, 1.82) is 0 Å². The molecule has 1 aromatic heterocycles. The van der Waals surface area contributed by atoms with E-state index in [1.165, 1.54) is 31.2 Å². The molecule has 0 aliphatic heterocycles. The average molecular weight is 237 g/mol. The lowest BCUT2D eigenvalue weighted by molar-refractivity contribution is 0.174. The third kappa shape index (κ3) is 2.18. The number of nitrogens with zero attached hydrogens (tertiary/aromatic N) is 2. The van der Waals surface area contributed by atoms with E-state index in [0.29, 0.717) is 5.54 Å². The predicted molar refractivity (Wildman–Crippen MR) is 68.2 cm³/mol. The molecule has 0 atom stereocenters. The second-order valence-corrected chi connectivity index (χ2v) is 5.04. The first kappa shape index (κ1) is 12.4. The van der Waals surface area contributed by atoms with Gasteiger partial charge in [-0.15, -0.1) is 0 Å². The Labute approximate surface area is 103 Å². The van der Waals surface area contributed by atoms with Gasteiger partial charge in [0.2, 0.25) is 5.88 Å². The van der Waals surface area contributed by atoms with E-state index < -0.39 is 0 Å². The van der Waals surface area contributed by atoms with Gasteiger partial charge in [0.25, 0.3) is 0 Å². The summed E-state index contributed by atoms with van der Waals surface area (Å²) in [6.07, 6.45) is 5.15. The maximum Gasteiger partial charge on any atom is 0.216 e. The van der Waals surface area contributed by atoms with Crippen LogP contribution in [0.1, 0.15) is 43.9 Å². The lowest BCUT2D eigenvalue weighted by Crippen LogP contribution is -2.49. The molecule has 1 fully saturated rings. The molecule has 0 amide bonds. The van der Waals surface area contributed by atoms with Crippen LogP contribution >= 0.6 is 0 Å². The van der Waals surface area contributed by atoms with Crippen LogP contribution in [0, 0.1) is 6.92 Å². The Morgan fingerprint density at radius 3 is 2.65 bits per heavy atom. The van der Waals surface area contributed by atoms with Crippen LogP contribution in [0.15, 0.2) is 0 Å². The molecule has 1 saturated carbocycles. The van der Waals surface area contributed by atoms with Crippen LogP contribution in [0.4, 0.5) is 0 Å². The Morgan fingerprint density at radius 2 is 2.18 bits per heavy atom. The standard InChI is InChI=1S/C13H23N3O/c1-5-13(7-6-8-13)14-9-11-10(2)15-16(3)12(11)17-4/h14H,5-9H2,1-4H3. The third-order valence-corrected chi connectivity index (χ3v) is 4.11. The fourth-order valence-electron chi connectivity index (χ4n) is 2.67. The van der Waals surface area contributed by atoms with Crippen molar-refractivity contribution in [2.75, 3.05) is 7.11 Å². The molecular formula is C13H23N3O. The molecule has 0 bridgehead atoms. The second-order valence-electron chi connectivity index (χ2n) is 5.04. The molecule has 2 rings (SSSR count). The molecule has 4 nitrogen and oxygen atoms in total. The molecule has 1 aliphatic rings. The van der Waals surface area contributed by atoms with Crippen molar-refractivity contribution in [3.63, 3.8) is 0 Å². The van der Waals surface area contributed by atoms with Crippen molar-refractivity contribution >= 4 is 0 Å². The third-order valence-electron chi connectivity index (χ3n) is 4.11. The first-order valence-electron chi connectivity index (χ1n) is 6.43. The molecule has 0 saturated heterocycles. The summed E-state index contributed by atoms with van der Waals surface area (Å²) in [5.41, 5.74) is 2.62. The number of methoxy groups -OCH3 is 1. The maximum absolute atomic E-state index is 5.41. The van der Waals surface area contributed by atoms with Gasteiger partial charge < -0.3 is 10.1 Å². The van der Waals surface area contributed by atoms with E-state index >= 15 is 0 Å². The summed E-state index contributed by atoms with van der Waals surface area (Å²) in [5.74, 6) is 0.876. The average Bonchev–Trinajstić information content (AvgIpc) is 2.52. The second kappa shape index (κ2) is 4.69. The predicted octanol–water partition coefficient (Wildman–Crippen LogP) is 2.16. The molecule has 1 aliphatic carbocycles. The topological polar surface area (TPSA) is 39.1 Å². The number of hydrogen-bond acceptors (Lipinski definition) is 3. The van der Waals surface area contributed by atoms with Gasteiger partial charge in [0.15, 0.2) is 0 Å². The van der Waals surface area contributed by atoms with E-state index in [4.69, 9.17) is 4.74 Å². The molecule has 96 valence electrons. The molecule has 0 unspecified atom stereocenters. The van der Waals surface area contributed by atoms with Gasteiger partial charge in [0.05, 0.1) is 18.4 Å². The SMILES string of the molecule is CCC1(NCc2c(C)nn(C)c2OC)CCC1. The molecule has 1 N–H and O–H groups in total. The molecular weight excluding hydrogens is 214 g/mol. The van der Waals surface area contributed by atoms with Gasteiger partial charge in [0, 0.05) is 19.1 Å². The van der Waals surface area contributed by atoms with Crippen molar-refractivity contribution in [2.45, 2.75) is 51.6 Å². The minimum Gasteiger partial charge on any atom is -0.481 e. The number of ether oxygens (including phenoxy) is 1. The highest BCUT2D eigenvalue weighted by molar-refractivity contribution is 5.31. The van der Waals surface area contributed by atoms with Gasteiger partial charge in [-0.3, -0.25) is 0 Å². The fraction of sp³-hybridized carbons (Fsp3) is 0.769. The minimum absolute atomic E-state index is 0.368. The van der Waals surface area contributed by atoms with E-state index in [0.717, 1.165) is 18.1 Å². The van der Waals surface area contributed by atoms with Gasteiger partial charge in [-0.1, -0.05) is 6.92 Å². The van der Waals surface area contributed by atoms with E-state index in [2.05, 4.69) is 17.3 Å². The lowest BCUT2D eigenvalue weighted by atomic mass is 9.75. The van der Waals surface area contributed by atoms with Crippen molar-refractivity contribution < 1.29 is 4.74 Å². The highest BCUT2D eigenvalue weighted by Crippen LogP contribution is 2.35. The van der Waals surface area contributed by atoms with Crippen molar-refractivity contribution in [3.05, 3.63) is 11.3 Å². The Morgan fingerprint density at radius 1 is 1.47 bits per heavy atom. The monoisotopic (exact) mass is 237 g/mol. The van der Waals surface area contributed by atoms with Crippen molar-refractivity contribution in [1.82, 2.24) is 15.1 Å². The summed E-state index contributed by atoms with van der Waals surface area (Å²) in [6.45, 7) is 5.16. The summed E-state index contributed by atoms with van der Waals surface area (Å²) >= 11 is 0. The van der Waals surface area contributed by atoms with E-state index in [1.54, 1.807) is 7.11 Å². The summed E-state index contributed by atoms with van der Waals surface area (Å²) in [7, 11) is 3.63. The summed E-state index contributed by atoms with van der Waals surface area (Å²) in [4.78, 5) is 0. The molecule has 0 spiro atoms. The van der Waals surface area contributed by atoms with Crippen LogP contribution in [-0.4, -0.2) is 22.4 Å². The van der Waals surface area contributed by atoms with Gasteiger partial charge in [0.1, 0.15) is 0 Å². The fourth-order valence-corrected chi connectivity index (χ4v) is 2.67. The Hall–Kier alpha value is -1.03. The van der Waals surface area contributed by atoms with Crippen LogP contribution in [-0.2, 0) is 13.6 Å². The van der Waals surface area contributed by atoms with Crippen LogP contribution in [0.3, 0.4) is 0 Å². The van der Waals surface area contributed by atoms with Gasteiger partial charge in [-0.05, 0) is 32.6 Å². The molecule has 1 heterocycles. The summed E-state index contributed by atoms with van der Waals surface area (Å²) in [6, 6.07) is 0. The van der Waals surface area contributed by atoms with Gasteiger partial charge in [-0.2, -0.15) is 5.10 Å². The number of rotatable bonds is 5. The normalized spacial score (nSPS) is 17.9. The smallest absolute Gasteiger partial charge is 0.216 e. The number of hydrogen-bond donors (Lipinski definition) is 1. The van der Waals surface area contributed by atoms with Crippen LogP contribution in [0.25, 0.3) is 0 Å². The van der Waals surface area contributed by atoms with Gasteiger partial charge >= 0.3 is 0 Å². The summed E-state index contributed by atoms with van der Waals surface area (Å²) in [5, 5.41) is 8.10. The largest absolute Gasteiger partial charge is 0.481 e. The molecule has 17 heavy (non-hydrogen) atoms.